The standard InChI is InChI=1S/C28H27F2NO7S/c1-5-36-27(34)25-24(19-10-6-16(2)7-11-19)17(3)39-26(25)31-22(32)15-37-23(33)13-9-18-8-12-20(38-28(29)30)21(14-18)35-4/h6-14,28H,5,15H2,1-4H3,(H,31,32). The Morgan fingerprint density at radius 3 is 2.38 bits per heavy atom. The lowest BCUT2D eigenvalue weighted by molar-refractivity contribution is -0.142. The van der Waals surface area contributed by atoms with Gasteiger partial charge in [-0.3, -0.25) is 4.79 Å². The van der Waals surface area contributed by atoms with Gasteiger partial charge in [-0.25, -0.2) is 9.59 Å². The first-order valence-electron chi connectivity index (χ1n) is 11.8. The van der Waals surface area contributed by atoms with Crippen molar-refractivity contribution >= 4 is 40.3 Å². The largest absolute Gasteiger partial charge is 0.493 e. The van der Waals surface area contributed by atoms with E-state index in [9.17, 15) is 23.2 Å². The van der Waals surface area contributed by atoms with Crippen molar-refractivity contribution in [2.24, 2.45) is 0 Å². The number of methoxy groups -OCH3 is 1. The Hall–Kier alpha value is -4.25. The SMILES string of the molecule is CCOC(=O)c1c(NC(=O)COC(=O)C=Cc2ccc(OC(F)F)c(OC)c2)sc(C)c1-c1ccc(C)cc1. The molecule has 3 rings (SSSR count). The van der Waals surface area contributed by atoms with Gasteiger partial charge >= 0.3 is 18.6 Å². The number of carbonyl (C=O) groups excluding carboxylic acids is 3. The van der Waals surface area contributed by atoms with E-state index in [1.54, 1.807) is 6.92 Å². The molecule has 0 aliphatic heterocycles. The van der Waals surface area contributed by atoms with Gasteiger partial charge in [0.25, 0.3) is 5.91 Å². The molecule has 1 N–H and O–H groups in total. The highest BCUT2D eigenvalue weighted by Crippen LogP contribution is 2.40. The lowest BCUT2D eigenvalue weighted by Crippen LogP contribution is -2.21. The van der Waals surface area contributed by atoms with Crippen LogP contribution in [0, 0.1) is 13.8 Å². The monoisotopic (exact) mass is 559 g/mol. The van der Waals surface area contributed by atoms with Crippen molar-refractivity contribution in [3.63, 3.8) is 0 Å². The van der Waals surface area contributed by atoms with Gasteiger partial charge in [-0.2, -0.15) is 8.78 Å². The molecule has 0 atom stereocenters. The zero-order valence-electron chi connectivity index (χ0n) is 21.7. The maximum atomic E-state index is 12.8. The molecule has 0 spiro atoms. The molecular formula is C28H27F2NO7S. The molecule has 206 valence electrons. The Morgan fingerprint density at radius 2 is 1.74 bits per heavy atom. The van der Waals surface area contributed by atoms with Gasteiger partial charge in [0.1, 0.15) is 10.6 Å². The van der Waals surface area contributed by atoms with E-state index in [-0.39, 0.29) is 28.7 Å². The van der Waals surface area contributed by atoms with Crippen LogP contribution in [0.4, 0.5) is 13.8 Å². The normalized spacial score (nSPS) is 10.9. The molecule has 0 saturated carbocycles. The number of carbonyl (C=O) groups is 3. The van der Waals surface area contributed by atoms with Crippen molar-refractivity contribution < 1.29 is 42.1 Å². The first-order valence-corrected chi connectivity index (χ1v) is 12.6. The lowest BCUT2D eigenvalue weighted by Gasteiger charge is -2.10. The van der Waals surface area contributed by atoms with Gasteiger partial charge in [-0.15, -0.1) is 11.3 Å². The third-order valence-corrected chi connectivity index (χ3v) is 6.34. The number of alkyl halides is 2. The molecular weight excluding hydrogens is 532 g/mol. The van der Waals surface area contributed by atoms with Gasteiger partial charge < -0.3 is 24.3 Å². The minimum atomic E-state index is -3.01. The van der Waals surface area contributed by atoms with Crippen molar-refractivity contribution in [3.8, 4) is 22.6 Å². The summed E-state index contributed by atoms with van der Waals surface area (Å²) in [5, 5.41) is 2.93. The van der Waals surface area contributed by atoms with Crippen LogP contribution >= 0.6 is 11.3 Å². The molecule has 3 aromatic rings. The van der Waals surface area contributed by atoms with Gasteiger partial charge in [0, 0.05) is 16.5 Å². The summed E-state index contributed by atoms with van der Waals surface area (Å²) in [4.78, 5) is 38.4. The highest BCUT2D eigenvalue weighted by Gasteiger charge is 2.25. The van der Waals surface area contributed by atoms with Crippen molar-refractivity contribution in [2.75, 3.05) is 25.6 Å². The Kier molecular flexibility index (Phi) is 10.2. The molecule has 2 aromatic carbocycles. The average molecular weight is 560 g/mol. The van der Waals surface area contributed by atoms with Crippen molar-refractivity contribution in [3.05, 3.63) is 70.1 Å². The molecule has 1 amide bonds. The molecule has 1 heterocycles. The molecule has 1 aromatic heterocycles. The van der Waals surface area contributed by atoms with Gasteiger partial charge in [-0.05, 0) is 50.1 Å². The maximum absolute atomic E-state index is 12.8. The van der Waals surface area contributed by atoms with Crippen LogP contribution in [-0.4, -0.2) is 44.8 Å². The van der Waals surface area contributed by atoms with Crippen molar-refractivity contribution in [1.82, 2.24) is 0 Å². The number of benzene rings is 2. The van der Waals surface area contributed by atoms with E-state index < -0.39 is 31.1 Å². The first-order chi connectivity index (χ1) is 18.6. The highest BCUT2D eigenvalue weighted by atomic mass is 32.1. The number of thiophene rings is 1. The topological polar surface area (TPSA) is 100 Å². The van der Waals surface area contributed by atoms with E-state index in [2.05, 4.69) is 10.1 Å². The van der Waals surface area contributed by atoms with Crippen LogP contribution in [-0.2, 0) is 19.1 Å². The number of amides is 1. The summed E-state index contributed by atoms with van der Waals surface area (Å²) < 4.78 is 44.6. The lowest BCUT2D eigenvalue weighted by atomic mass is 10.0. The second-order valence-electron chi connectivity index (χ2n) is 8.10. The first kappa shape index (κ1) is 29.3. The van der Waals surface area contributed by atoms with Crippen LogP contribution in [0.1, 0.15) is 33.3 Å². The Labute approximate surface area is 228 Å². The van der Waals surface area contributed by atoms with Gasteiger partial charge in [0.15, 0.2) is 18.1 Å². The molecule has 0 aliphatic rings. The van der Waals surface area contributed by atoms with Crippen molar-refractivity contribution in [1.29, 1.82) is 0 Å². The van der Waals surface area contributed by atoms with Crippen LogP contribution in [0.25, 0.3) is 17.2 Å². The summed E-state index contributed by atoms with van der Waals surface area (Å²) in [6, 6.07) is 11.7. The number of ether oxygens (including phenoxy) is 4. The number of hydrogen-bond acceptors (Lipinski definition) is 8. The summed E-state index contributed by atoms with van der Waals surface area (Å²) >= 11 is 1.22. The van der Waals surface area contributed by atoms with E-state index in [1.807, 2.05) is 38.1 Å². The second kappa shape index (κ2) is 13.5. The zero-order valence-corrected chi connectivity index (χ0v) is 22.5. The molecule has 0 bridgehead atoms. The Bertz CT molecular complexity index is 1370. The number of aryl methyl sites for hydroxylation is 2. The molecule has 39 heavy (non-hydrogen) atoms. The van der Waals surface area contributed by atoms with E-state index in [0.29, 0.717) is 11.1 Å². The fourth-order valence-corrected chi connectivity index (χ4v) is 4.67. The molecule has 0 aliphatic carbocycles. The third kappa shape index (κ3) is 7.87. The summed E-state index contributed by atoms with van der Waals surface area (Å²) in [6.45, 7) is 2.03. The van der Waals surface area contributed by atoms with Crippen LogP contribution < -0.4 is 14.8 Å². The van der Waals surface area contributed by atoms with E-state index in [4.69, 9.17) is 14.2 Å². The van der Waals surface area contributed by atoms with Crippen LogP contribution in [0.2, 0.25) is 0 Å². The zero-order chi connectivity index (χ0) is 28.5. The molecule has 11 heteroatoms. The number of rotatable bonds is 11. The second-order valence-corrected chi connectivity index (χ2v) is 9.33. The fourth-order valence-electron chi connectivity index (χ4n) is 3.59. The van der Waals surface area contributed by atoms with Gasteiger partial charge in [-0.1, -0.05) is 35.9 Å². The Morgan fingerprint density at radius 1 is 1.03 bits per heavy atom. The molecule has 0 radical (unpaired) electrons. The predicted molar refractivity (Wildman–Crippen MR) is 143 cm³/mol. The van der Waals surface area contributed by atoms with Crippen LogP contribution in [0.5, 0.6) is 11.5 Å². The molecule has 0 saturated heterocycles. The van der Waals surface area contributed by atoms with Gasteiger partial charge in [0.05, 0.1) is 13.7 Å². The van der Waals surface area contributed by atoms with Gasteiger partial charge in [0.2, 0.25) is 0 Å². The maximum Gasteiger partial charge on any atom is 0.387 e. The number of esters is 2. The molecule has 0 unspecified atom stereocenters. The quantitative estimate of drug-likeness (QED) is 0.227. The molecule has 8 nitrogen and oxygen atoms in total. The average Bonchev–Trinajstić information content (AvgIpc) is 3.22. The van der Waals surface area contributed by atoms with E-state index >= 15 is 0 Å². The minimum absolute atomic E-state index is 0.0545. The van der Waals surface area contributed by atoms with Crippen molar-refractivity contribution in [2.45, 2.75) is 27.4 Å². The summed E-state index contributed by atoms with van der Waals surface area (Å²) in [7, 11) is 1.29. The smallest absolute Gasteiger partial charge is 0.387 e. The highest BCUT2D eigenvalue weighted by molar-refractivity contribution is 7.17. The van der Waals surface area contributed by atoms with E-state index in [0.717, 1.165) is 22.1 Å². The number of anilines is 1. The minimum Gasteiger partial charge on any atom is -0.493 e. The van der Waals surface area contributed by atoms with E-state index in [1.165, 1.54) is 42.7 Å². The number of nitrogens with one attached hydrogen (secondary N) is 1. The predicted octanol–water partition coefficient (Wildman–Crippen LogP) is 6.01. The number of halogens is 2. The summed E-state index contributed by atoms with van der Waals surface area (Å²) in [5.74, 6) is -2.13. The molecule has 0 fully saturated rings. The van der Waals surface area contributed by atoms with Crippen LogP contribution in [0.3, 0.4) is 0 Å². The summed E-state index contributed by atoms with van der Waals surface area (Å²) in [5.41, 5.74) is 3.21. The van der Waals surface area contributed by atoms with Crippen LogP contribution in [0.15, 0.2) is 48.5 Å². The third-order valence-electron chi connectivity index (χ3n) is 5.32. The summed E-state index contributed by atoms with van der Waals surface area (Å²) in [6.07, 6.45) is 2.44. The fraction of sp³-hybridized carbons (Fsp3) is 0.250. The number of hydrogen-bond donors (Lipinski definition) is 1. The Balaban J connectivity index is 1.68.